The molecule has 0 bridgehead atoms. The highest BCUT2D eigenvalue weighted by molar-refractivity contribution is 5.80. The third kappa shape index (κ3) is 5.76. The molecule has 0 spiro atoms. The maximum Gasteiger partial charge on any atom is 0.191 e. The van der Waals surface area contributed by atoms with Crippen LogP contribution in [-0.4, -0.2) is 39.3 Å². The summed E-state index contributed by atoms with van der Waals surface area (Å²) < 4.78 is 5.13. The maximum absolute atomic E-state index is 5.13. The van der Waals surface area contributed by atoms with Gasteiger partial charge < -0.3 is 15.4 Å². The molecule has 21 heavy (non-hydrogen) atoms. The van der Waals surface area contributed by atoms with E-state index in [9.17, 15) is 0 Å². The Morgan fingerprint density at radius 1 is 1.38 bits per heavy atom. The average molecular weight is 291 g/mol. The van der Waals surface area contributed by atoms with Crippen LogP contribution in [0.5, 0.6) is 0 Å². The molecule has 0 aliphatic heterocycles. The van der Waals surface area contributed by atoms with Gasteiger partial charge in [-0.15, -0.1) is 0 Å². The molecule has 1 unspecified atom stereocenters. The van der Waals surface area contributed by atoms with E-state index in [-0.39, 0.29) is 11.5 Å². The Kier molecular flexibility index (Phi) is 6.69. The Morgan fingerprint density at radius 2 is 2.10 bits per heavy atom. The number of aryl methyl sites for hydroxylation is 1. The van der Waals surface area contributed by atoms with E-state index in [0.717, 1.165) is 12.5 Å². The number of rotatable bonds is 6. The van der Waals surface area contributed by atoms with Crippen LogP contribution in [0, 0.1) is 6.92 Å². The summed E-state index contributed by atoms with van der Waals surface area (Å²) in [6.45, 7) is 10.1. The molecule has 0 saturated carbocycles. The molecule has 0 amide bonds. The Balaban J connectivity index is 2.63. The number of guanidine groups is 1. The quantitative estimate of drug-likeness (QED) is 0.625. The zero-order valence-electron chi connectivity index (χ0n) is 14.2. The number of ether oxygens (including phenoxy) is 1. The highest BCUT2D eigenvalue weighted by Gasteiger charge is 2.21. The highest BCUT2D eigenvalue weighted by Crippen LogP contribution is 2.22. The molecular weight excluding hydrogens is 262 g/mol. The molecule has 0 fully saturated rings. The second kappa shape index (κ2) is 8.03. The fourth-order valence-electron chi connectivity index (χ4n) is 2.19. The first-order chi connectivity index (χ1) is 9.89. The Labute approximate surface area is 129 Å². The monoisotopic (exact) mass is 291 g/mol. The lowest BCUT2D eigenvalue weighted by atomic mass is 9.84. The summed E-state index contributed by atoms with van der Waals surface area (Å²) >= 11 is 0. The fourth-order valence-corrected chi connectivity index (χ4v) is 2.19. The SMILES string of the molecule is CN=C(NCC(C)(C)c1cccc(C)c1)NC(C)COC. The smallest absolute Gasteiger partial charge is 0.191 e. The number of methoxy groups -OCH3 is 1. The van der Waals surface area contributed by atoms with Crippen molar-refractivity contribution in [3.8, 4) is 0 Å². The van der Waals surface area contributed by atoms with E-state index in [1.54, 1.807) is 14.2 Å². The van der Waals surface area contributed by atoms with Crippen LogP contribution in [-0.2, 0) is 10.2 Å². The van der Waals surface area contributed by atoms with Crippen LogP contribution in [0.15, 0.2) is 29.3 Å². The van der Waals surface area contributed by atoms with E-state index in [1.807, 2.05) is 0 Å². The van der Waals surface area contributed by atoms with Gasteiger partial charge in [-0.2, -0.15) is 0 Å². The van der Waals surface area contributed by atoms with Crippen molar-refractivity contribution in [3.05, 3.63) is 35.4 Å². The van der Waals surface area contributed by atoms with Gasteiger partial charge in [-0.1, -0.05) is 43.7 Å². The summed E-state index contributed by atoms with van der Waals surface area (Å²) in [7, 11) is 3.49. The van der Waals surface area contributed by atoms with Crippen molar-refractivity contribution < 1.29 is 4.74 Å². The van der Waals surface area contributed by atoms with E-state index >= 15 is 0 Å². The van der Waals surface area contributed by atoms with E-state index in [4.69, 9.17) is 4.74 Å². The van der Waals surface area contributed by atoms with E-state index in [2.05, 4.69) is 67.6 Å². The van der Waals surface area contributed by atoms with E-state index < -0.39 is 0 Å². The van der Waals surface area contributed by atoms with Crippen molar-refractivity contribution in [1.82, 2.24) is 10.6 Å². The fraction of sp³-hybridized carbons (Fsp3) is 0.588. The van der Waals surface area contributed by atoms with Crippen molar-refractivity contribution >= 4 is 5.96 Å². The van der Waals surface area contributed by atoms with Crippen LogP contribution in [0.2, 0.25) is 0 Å². The molecule has 0 aromatic heterocycles. The minimum Gasteiger partial charge on any atom is -0.383 e. The molecule has 1 atom stereocenters. The standard InChI is InChI=1S/C17H29N3O/c1-13-8-7-9-15(10-13)17(3,4)12-19-16(18-5)20-14(2)11-21-6/h7-10,14H,11-12H2,1-6H3,(H2,18,19,20). The van der Waals surface area contributed by atoms with Crippen LogP contribution in [0.3, 0.4) is 0 Å². The van der Waals surface area contributed by atoms with Gasteiger partial charge in [-0.05, 0) is 19.4 Å². The molecule has 2 N–H and O–H groups in total. The molecule has 118 valence electrons. The second-order valence-corrected chi connectivity index (χ2v) is 6.18. The minimum atomic E-state index is 0.0358. The van der Waals surface area contributed by atoms with Gasteiger partial charge in [0.1, 0.15) is 0 Å². The number of hydrogen-bond acceptors (Lipinski definition) is 2. The van der Waals surface area contributed by atoms with Gasteiger partial charge in [0, 0.05) is 32.2 Å². The molecule has 1 rings (SSSR count). The van der Waals surface area contributed by atoms with Gasteiger partial charge in [0.2, 0.25) is 0 Å². The van der Waals surface area contributed by atoms with Gasteiger partial charge in [0.25, 0.3) is 0 Å². The summed E-state index contributed by atoms with van der Waals surface area (Å²) in [4.78, 5) is 4.26. The number of hydrogen-bond donors (Lipinski definition) is 2. The van der Waals surface area contributed by atoms with Gasteiger partial charge in [-0.25, -0.2) is 0 Å². The Morgan fingerprint density at radius 3 is 2.67 bits per heavy atom. The summed E-state index contributed by atoms with van der Waals surface area (Å²) in [5.41, 5.74) is 2.65. The lowest BCUT2D eigenvalue weighted by Gasteiger charge is -2.28. The highest BCUT2D eigenvalue weighted by atomic mass is 16.5. The van der Waals surface area contributed by atoms with Crippen molar-refractivity contribution in [1.29, 1.82) is 0 Å². The predicted molar refractivity (Wildman–Crippen MR) is 90.0 cm³/mol. The number of nitrogens with zero attached hydrogens (tertiary/aromatic N) is 1. The Bertz CT molecular complexity index is 469. The topological polar surface area (TPSA) is 45.7 Å². The van der Waals surface area contributed by atoms with Crippen LogP contribution in [0.4, 0.5) is 0 Å². The van der Waals surface area contributed by atoms with Crippen LogP contribution in [0.25, 0.3) is 0 Å². The van der Waals surface area contributed by atoms with Crippen molar-refractivity contribution in [3.63, 3.8) is 0 Å². The van der Waals surface area contributed by atoms with Crippen LogP contribution >= 0.6 is 0 Å². The molecular formula is C17H29N3O. The zero-order valence-corrected chi connectivity index (χ0v) is 14.2. The number of aliphatic imine (C=N–C) groups is 1. The van der Waals surface area contributed by atoms with E-state index in [0.29, 0.717) is 6.61 Å². The molecule has 0 aliphatic rings. The minimum absolute atomic E-state index is 0.0358. The normalized spacial score (nSPS) is 13.9. The lowest BCUT2D eigenvalue weighted by molar-refractivity contribution is 0.179. The van der Waals surface area contributed by atoms with Gasteiger partial charge in [0.05, 0.1) is 6.61 Å². The summed E-state index contributed by atoms with van der Waals surface area (Å²) in [5.74, 6) is 0.806. The van der Waals surface area contributed by atoms with Crippen molar-refractivity contribution in [2.45, 2.75) is 39.2 Å². The second-order valence-electron chi connectivity index (χ2n) is 6.18. The van der Waals surface area contributed by atoms with Gasteiger partial charge in [0.15, 0.2) is 5.96 Å². The Hall–Kier alpha value is -1.55. The molecule has 0 heterocycles. The number of nitrogens with one attached hydrogen (secondary N) is 2. The number of benzene rings is 1. The first-order valence-corrected chi connectivity index (χ1v) is 7.42. The van der Waals surface area contributed by atoms with Crippen LogP contribution < -0.4 is 10.6 Å². The third-order valence-corrected chi connectivity index (χ3v) is 3.52. The van der Waals surface area contributed by atoms with Crippen LogP contribution in [0.1, 0.15) is 31.9 Å². The molecule has 1 aromatic carbocycles. The predicted octanol–water partition coefficient (Wildman–Crippen LogP) is 2.47. The molecule has 0 saturated heterocycles. The summed E-state index contributed by atoms with van der Waals surface area (Å²) in [5, 5.41) is 6.72. The molecule has 0 radical (unpaired) electrons. The summed E-state index contributed by atoms with van der Waals surface area (Å²) in [6.07, 6.45) is 0. The van der Waals surface area contributed by atoms with Gasteiger partial charge in [-0.3, -0.25) is 4.99 Å². The molecule has 4 nitrogen and oxygen atoms in total. The zero-order chi connectivity index (χ0) is 15.9. The first-order valence-electron chi connectivity index (χ1n) is 7.42. The molecule has 1 aromatic rings. The average Bonchev–Trinajstić information content (AvgIpc) is 2.43. The molecule has 4 heteroatoms. The van der Waals surface area contributed by atoms with Gasteiger partial charge >= 0.3 is 0 Å². The van der Waals surface area contributed by atoms with Crippen molar-refractivity contribution in [2.75, 3.05) is 27.3 Å². The summed E-state index contributed by atoms with van der Waals surface area (Å²) in [6, 6.07) is 8.88. The molecule has 0 aliphatic carbocycles. The maximum atomic E-state index is 5.13. The lowest BCUT2D eigenvalue weighted by Crippen LogP contribution is -2.47. The first kappa shape index (κ1) is 17.5. The van der Waals surface area contributed by atoms with E-state index in [1.165, 1.54) is 11.1 Å². The van der Waals surface area contributed by atoms with Crippen molar-refractivity contribution in [2.24, 2.45) is 4.99 Å². The largest absolute Gasteiger partial charge is 0.383 e. The third-order valence-electron chi connectivity index (χ3n) is 3.52.